The number of pyridine rings is 1. The van der Waals surface area contributed by atoms with Crippen LogP contribution in [0.5, 0.6) is 5.88 Å². The van der Waals surface area contributed by atoms with Gasteiger partial charge >= 0.3 is 0 Å². The number of ether oxygens (including phenoxy) is 1. The Morgan fingerprint density at radius 3 is 2.62 bits per heavy atom. The lowest BCUT2D eigenvalue weighted by Gasteiger charge is -2.29. The SMILES string of the molecule is Cc1noc(C)c1C(=O)NC1CCC(Oc2ccc(Cl)cn2)CC1. The zero-order valence-corrected chi connectivity index (χ0v) is 14.5. The van der Waals surface area contributed by atoms with E-state index in [4.69, 9.17) is 20.9 Å². The van der Waals surface area contributed by atoms with E-state index in [1.807, 2.05) is 0 Å². The molecule has 0 bridgehead atoms. The van der Waals surface area contributed by atoms with Crippen molar-refractivity contribution in [2.45, 2.75) is 51.7 Å². The summed E-state index contributed by atoms with van der Waals surface area (Å²) in [5, 5.41) is 7.48. The van der Waals surface area contributed by atoms with Crippen LogP contribution in [0.4, 0.5) is 0 Å². The average molecular weight is 350 g/mol. The quantitative estimate of drug-likeness (QED) is 0.914. The van der Waals surface area contributed by atoms with Gasteiger partial charge in [-0.15, -0.1) is 0 Å². The van der Waals surface area contributed by atoms with E-state index in [1.54, 1.807) is 32.2 Å². The van der Waals surface area contributed by atoms with Crippen molar-refractivity contribution in [2.75, 3.05) is 0 Å². The number of hydrogen-bond donors (Lipinski definition) is 1. The Morgan fingerprint density at radius 2 is 2.04 bits per heavy atom. The maximum absolute atomic E-state index is 12.4. The van der Waals surface area contributed by atoms with Crippen LogP contribution in [-0.4, -0.2) is 28.2 Å². The van der Waals surface area contributed by atoms with Crippen LogP contribution in [0.3, 0.4) is 0 Å². The number of aromatic nitrogens is 2. The van der Waals surface area contributed by atoms with Crippen LogP contribution in [0.25, 0.3) is 0 Å². The van der Waals surface area contributed by atoms with Crippen molar-refractivity contribution < 1.29 is 14.1 Å². The summed E-state index contributed by atoms with van der Waals surface area (Å²) < 4.78 is 10.9. The third-order valence-electron chi connectivity index (χ3n) is 4.26. The molecule has 0 aromatic carbocycles. The van der Waals surface area contributed by atoms with E-state index in [1.165, 1.54) is 0 Å². The lowest BCUT2D eigenvalue weighted by Crippen LogP contribution is -2.40. The van der Waals surface area contributed by atoms with E-state index in [9.17, 15) is 4.79 Å². The minimum absolute atomic E-state index is 0.116. The largest absolute Gasteiger partial charge is 0.474 e. The molecule has 24 heavy (non-hydrogen) atoms. The molecule has 7 heteroatoms. The zero-order chi connectivity index (χ0) is 17.1. The molecule has 0 aliphatic heterocycles. The number of carbonyl (C=O) groups excluding carboxylic acids is 1. The predicted octanol–water partition coefficient (Wildman–Crippen LogP) is 3.46. The highest BCUT2D eigenvalue weighted by Gasteiger charge is 2.26. The first-order valence-electron chi connectivity index (χ1n) is 8.05. The van der Waals surface area contributed by atoms with Crippen LogP contribution in [0.15, 0.2) is 22.9 Å². The Labute approximate surface area is 145 Å². The molecule has 128 valence electrons. The van der Waals surface area contributed by atoms with Crippen molar-refractivity contribution in [3.63, 3.8) is 0 Å². The second-order valence-corrected chi connectivity index (χ2v) is 6.52. The molecule has 0 saturated heterocycles. The van der Waals surface area contributed by atoms with Gasteiger partial charge in [0.1, 0.15) is 17.4 Å². The molecule has 6 nitrogen and oxygen atoms in total. The molecule has 1 N–H and O–H groups in total. The van der Waals surface area contributed by atoms with Gasteiger partial charge in [0.2, 0.25) is 5.88 Å². The fourth-order valence-corrected chi connectivity index (χ4v) is 3.10. The minimum atomic E-state index is -0.116. The van der Waals surface area contributed by atoms with Crippen LogP contribution >= 0.6 is 11.6 Å². The summed E-state index contributed by atoms with van der Waals surface area (Å²) >= 11 is 5.82. The fourth-order valence-electron chi connectivity index (χ4n) is 2.99. The van der Waals surface area contributed by atoms with Gasteiger partial charge < -0.3 is 14.6 Å². The van der Waals surface area contributed by atoms with Crippen molar-refractivity contribution in [1.29, 1.82) is 0 Å². The lowest BCUT2D eigenvalue weighted by molar-refractivity contribution is 0.0888. The van der Waals surface area contributed by atoms with Gasteiger partial charge in [-0.25, -0.2) is 4.98 Å². The van der Waals surface area contributed by atoms with Gasteiger partial charge in [-0.05, 0) is 45.6 Å². The topological polar surface area (TPSA) is 77.2 Å². The van der Waals surface area contributed by atoms with Crippen molar-refractivity contribution in [1.82, 2.24) is 15.5 Å². The number of amides is 1. The molecule has 1 amide bonds. The molecular weight excluding hydrogens is 330 g/mol. The van der Waals surface area contributed by atoms with Crippen molar-refractivity contribution in [3.05, 3.63) is 40.4 Å². The van der Waals surface area contributed by atoms with Crippen LogP contribution in [-0.2, 0) is 0 Å². The second-order valence-electron chi connectivity index (χ2n) is 6.08. The van der Waals surface area contributed by atoms with Crippen LogP contribution in [0, 0.1) is 13.8 Å². The second kappa shape index (κ2) is 7.21. The Bertz CT molecular complexity index is 687. The summed E-state index contributed by atoms with van der Waals surface area (Å²) in [6, 6.07) is 3.68. The molecule has 1 saturated carbocycles. The first kappa shape index (κ1) is 16.8. The Kier molecular flexibility index (Phi) is 5.04. The van der Waals surface area contributed by atoms with Gasteiger partial charge in [-0.1, -0.05) is 16.8 Å². The Morgan fingerprint density at radius 1 is 1.29 bits per heavy atom. The van der Waals surface area contributed by atoms with Crippen molar-refractivity contribution >= 4 is 17.5 Å². The number of halogens is 1. The van der Waals surface area contributed by atoms with Crippen LogP contribution < -0.4 is 10.1 Å². The zero-order valence-electron chi connectivity index (χ0n) is 13.7. The van der Waals surface area contributed by atoms with E-state index >= 15 is 0 Å². The fraction of sp³-hybridized carbons (Fsp3) is 0.471. The Balaban J connectivity index is 1.50. The smallest absolute Gasteiger partial charge is 0.257 e. The summed E-state index contributed by atoms with van der Waals surface area (Å²) in [7, 11) is 0. The summed E-state index contributed by atoms with van der Waals surface area (Å²) in [4.78, 5) is 16.5. The van der Waals surface area contributed by atoms with E-state index in [2.05, 4.69) is 15.5 Å². The molecule has 2 aromatic rings. The van der Waals surface area contributed by atoms with Crippen molar-refractivity contribution in [2.24, 2.45) is 0 Å². The minimum Gasteiger partial charge on any atom is -0.474 e. The van der Waals surface area contributed by atoms with E-state index in [0.29, 0.717) is 27.9 Å². The van der Waals surface area contributed by atoms with Crippen LogP contribution in [0.1, 0.15) is 47.5 Å². The standard InChI is InChI=1S/C17H20ClN3O3/c1-10-16(11(2)24-21-10)17(22)20-13-4-6-14(7-5-13)23-15-8-3-12(18)9-19-15/h3,8-9,13-14H,4-7H2,1-2H3,(H,20,22). The lowest BCUT2D eigenvalue weighted by atomic mass is 9.92. The summed E-state index contributed by atoms with van der Waals surface area (Å²) in [6.45, 7) is 3.52. The molecule has 2 heterocycles. The van der Waals surface area contributed by atoms with E-state index in [0.717, 1.165) is 25.7 Å². The molecule has 0 radical (unpaired) electrons. The van der Waals surface area contributed by atoms with Gasteiger partial charge in [-0.2, -0.15) is 0 Å². The van der Waals surface area contributed by atoms with Crippen molar-refractivity contribution in [3.8, 4) is 5.88 Å². The number of hydrogen-bond acceptors (Lipinski definition) is 5. The van der Waals surface area contributed by atoms with Gasteiger partial charge in [-0.3, -0.25) is 4.79 Å². The first-order valence-corrected chi connectivity index (χ1v) is 8.42. The third-order valence-corrected chi connectivity index (χ3v) is 4.48. The predicted molar refractivity (Wildman–Crippen MR) is 89.4 cm³/mol. The summed E-state index contributed by atoms with van der Waals surface area (Å²) in [6.07, 6.45) is 5.17. The molecule has 0 atom stereocenters. The normalized spacial score (nSPS) is 20.6. The number of rotatable bonds is 4. The molecule has 0 unspecified atom stereocenters. The number of carbonyl (C=O) groups is 1. The number of nitrogens with zero attached hydrogens (tertiary/aromatic N) is 2. The molecule has 1 fully saturated rings. The highest BCUT2D eigenvalue weighted by Crippen LogP contribution is 2.24. The maximum Gasteiger partial charge on any atom is 0.257 e. The highest BCUT2D eigenvalue weighted by atomic mass is 35.5. The first-order chi connectivity index (χ1) is 11.5. The molecule has 0 spiro atoms. The molecule has 2 aromatic heterocycles. The van der Waals surface area contributed by atoms with E-state index in [-0.39, 0.29) is 18.1 Å². The summed E-state index contributed by atoms with van der Waals surface area (Å²) in [5.74, 6) is 1.02. The van der Waals surface area contributed by atoms with Gasteiger partial charge in [0.15, 0.2) is 0 Å². The summed E-state index contributed by atoms with van der Waals surface area (Å²) in [5.41, 5.74) is 1.16. The maximum atomic E-state index is 12.4. The third kappa shape index (κ3) is 3.87. The number of aryl methyl sites for hydroxylation is 2. The molecular formula is C17H20ClN3O3. The molecule has 1 aliphatic carbocycles. The molecule has 1 aliphatic rings. The van der Waals surface area contributed by atoms with Crippen LogP contribution in [0.2, 0.25) is 5.02 Å². The van der Waals surface area contributed by atoms with Gasteiger partial charge in [0.25, 0.3) is 5.91 Å². The highest BCUT2D eigenvalue weighted by molar-refractivity contribution is 6.30. The Hall–Kier alpha value is -2.08. The monoisotopic (exact) mass is 349 g/mol. The average Bonchev–Trinajstić information content (AvgIpc) is 2.90. The van der Waals surface area contributed by atoms with E-state index < -0.39 is 0 Å². The van der Waals surface area contributed by atoms with Gasteiger partial charge in [0, 0.05) is 18.3 Å². The molecule has 3 rings (SSSR count). The number of nitrogens with one attached hydrogen (secondary N) is 1. The van der Waals surface area contributed by atoms with Gasteiger partial charge in [0.05, 0.1) is 10.7 Å².